The number of hydrogen-bond donors (Lipinski definition) is 0. The zero-order chi connectivity index (χ0) is 9.26. The molecular formula is C9H10N4. The molecule has 0 radical (unpaired) electrons. The SMILES string of the molecule is CC(C)c1ncc2nccnc2n1. The van der Waals surface area contributed by atoms with Gasteiger partial charge in [-0.05, 0) is 0 Å². The van der Waals surface area contributed by atoms with Crippen LogP contribution in [0.3, 0.4) is 0 Å². The van der Waals surface area contributed by atoms with Crippen molar-refractivity contribution >= 4 is 11.2 Å². The van der Waals surface area contributed by atoms with Crippen LogP contribution in [0.2, 0.25) is 0 Å². The molecule has 66 valence electrons. The van der Waals surface area contributed by atoms with Gasteiger partial charge in [0.2, 0.25) is 0 Å². The van der Waals surface area contributed by atoms with Crippen LogP contribution in [-0.4, -0.2) is 19.9 Å². The molecule has 0 atom stereocenters. The van der Waals surface area contributed by atoms with E-state index >= 15 is 0 Å². The van der Waals surface area contributed by atoms with E-state index in [0.29, 0.717) is 11.6 Å². The van der Waals surface area contributed by atoms with Gasteiger partial charge in [0.1, 0.15) is 11.3 Å². The normalized spacial score (nSPS) is 11.0. The molecule has 4 heteroatoms. The fraction of sp³-hybridized carbons (Fsp3) is 0.333. The standard InChI is InChI=1S/C9H10N4/c1-6(2)8-12-5-7-9(13-8)11-4-3-10-7/h3-6H,1-2H3. The number of fused-ring (bicyclic) bond motifs is 1. The van der Waals surface area contributed by atoms with Crippen LogP contribution < -0.4 is 0 Å². The largest absolute Gasteiger partial charge is 0.250 e. The molecule has 13 heavy (non-hydrogen) atoms. The lowest BCUT2D eigenvalue weighted by molar-refractivity contribution is 0.779. The molecule has 0 amide bonds. The molecule has 2 aromatic heterocycles. The molecule has 0 aliphatic heterocycles. The van der Waals surface area contributed by atoms with Gasteiger partial charge in [-0.25, -0.2) is 19.9 Å². The molecule has 0 saturated carbocycles. The van der Waals surface area contributed by atoms with E-state index in [0.717, 1.165) is 11.3 Å². The molecule has 0 bridgehead atoms. The second-order valence-electron chi connectivity index (χ2n) is 3.15. The third kappa shape index (κ3) is 1.47. The Morgan fingerprint density at radius 2 is 1.85 bits per heavy atom. The quantitative estimate of drug-likeness (QED) is 0.658. The first-order valence-corrected chi connectivity index (χ1v) is 4.21. The highest BCUT2D eigenvalue weighted by Crippen LogP contribution is 2.10. The summed E-state index contributed by atoms with van der Waals surface area (Å²) >= 11 is 0. The first kappa shape index (κ1) is 8.04. The average molecular weight is 174 g/mol. The van der Waals surface area contributed by atoms with Crippen LogP contribution >= 0.6 is 0 Å². The Morgan fingerprint density at radius 1 is 1.08 bits per heavy atom. The maximum Gasteiger partial charge on any atom is 0.181 e. The van der Waals surface area contributed by atoms with Crippen molar-refractivity contribution < 1.29 is 0 Å². The highest BCUT2D eigenvalue weighted by molar-refractivity contribution is 5.67. The number of nitrogens with zero attached hydrogens (tertiary/aromatic N) is 4. The fourth-order valence-corrected chi connectivity index (χ4v) is 1.06. The Kier molecular flexibility index (Phi) is 1.88. The lowest BCUT2D eigenvalue weighted by Gasteiger charge is -2.02. The summed E-state index contributed by atoms with van der Waals surface area (Å²) < 4.78 is 0. The van der Waals surface area contributed by atoms with Crippen LogP contribution in [-0.2, 0) is 0 Å². The number of aromatic nitrogens is 4. The van der Waals surface area contributed by atoms with E-state index in [9.17, 15) is 0 Å². The van der Waals surface area contributed by atoms with Crippen molar-refractivity contribution in [1.82, 2.24) is 19.9 Å². The summed E-state index contributed by atoms with van der Waals surface area (Å²) in [6, 6.07) is 0. The van der Waals surface area contributed by atoms with E-state index in [4.69, 9.17) is 0 Å². The maximum absolute atomic E-state index is 4.29. The fourth-order valence-electron chi connectivity index (χ4n) is 1.06. The van der Waals surface area contributed by atoms with Crippen LogP contribution in [0.4, 0.5) is 0 Å². The third-order valence-electron chi connectivity index (χ3n) is 1.76. The third-order valence-corrected chi connectivity index (χ3v) is 1.76. The predicted molar refractivity (Wildman–Crippen MR) is 49.2 cm³/mol. The summed E-state index contributed by atoms with van der Waals surface area (Å²) in [5.74, 6) is 1.14. The first-order valence-electron chi connectivity index (χ1n) is 4.21. The zero-order valence-electron chi connectivity index (χ0n) is 7.60. The summed E-state index contributed by atoms with van der Waals surface area (Å²) in [6.45, 7) is 4.11. The van der Waals surface area contributed by atoms with Gasteiger partial charge in [0.05, 0.1) is 6.20 Å². The molecule has 0 N–H and O–H groups in total. The van der Waals surface area contributed by atoms with Gasteiger partial charge in [-0.1, -0.05) is 13.8 Å². The molecule has 0 aromatic carbocycles. The van der Waals surface area contributed by atoms with E-state index in [1.807, 2.05) is 0 Å². The molecule has 0 aliphatic rings. The summed E-state index contributed by atoms with van der Waals surface area (Å²) in [7, 11) is 0. The topological polar surface area (TPSA) is 51.6 Å². The van der Waals surface area contributed by atoms with Gasteiger partial charge >= 0.3 is 0 Å². The summed E-state index contributed by atoms with van der Waals surface area (Å²) in [6.07, 6.45) is 4.99. The van der Waals surface area contributed by atoms with Crippen molar-refractivity contribution in [2.24, 2.45) is 0 Å². The van der Waals surface area contributed by atoms with Crippen LogP contribution in [0.5, 0.6) is 0 Å². The van der Waals surface area contributed by atoms with Gasteiger partial charge in [0.15, 0.2) is 5.65 Å². The van der Waals surface area contributed by atoms with Crippen molar-refractivity contribution in [3.8, 4) is 0 Å². The molecule has 2 heterocycles. The summed E-state index contributed by atoms with van der Waals surface area (Å²) in [5.41, 5.74) is 1.41. The van der Waals surface area contributed by atoms with Crippen molar-refractivity contribution in [3.05, 3.63) is 24.4 Å². The van der Waals surface area contributed by atoms with Gasteiger partial charge in [0, 0.05) is 18.3 Å². The summed E-state index contributed by atoms with van der Waals surface area (Å²) in [4.78, 5) is 16.7. The van der Waals surface area contributed by atoms with E-state index in [-0.39, 0.29) is 0 Å². The molecular weight excluding hydrogens is 164 g/mol. The minimum atomic E-state index is 0.325. The average Bonchev–Trinajstić information content (AvgIpc) is 2.17. The van der Waals surface area contributed by atoms with Gasteiger partial charge in [-0.3, -0.25) is 0 Å². The van der Waals surface area contributed by atoms with Crippen molar-refractivity contribution in [3.63, 3.8) is 0 Å². The second-order valence-corrected chi connectivity index (χ2v) is 3.15. The molecule has 0 unspecified atom stereocenters. The Hall–Kier alpha value is -1.58. The molecule has 0 aliphatic carbocycles. The molecule has 2 rings (SSSR count). The second kappa shape index (κ2) is 3.05. The predicted octanol–water partition coefficient (Wildman–Crippen LogP) is 1.54. The number of hydrogen-bond acceptors (Lipinski definition) is 4. The van der Waals surface area contributed by atoms with Crippen LogP contribution in [0.25, 0.3) is 11.2 Å². The van der Waals surface area contributed by atoms with E-state index < -0.39 is 0 Å². The first-order chi connectivity index (χ1) is 6.27. The molecule has 0 saturated heterocycles. The molecule has 0 spiro atoms. The van der Waals surface area contributed by atoms with Gasteiger partial charge in [0.25, 0.3) is 0 Å². The van der Waals surface area contributed by atoms with E-state index in [1.54, 1.807) is 18.6 Å². The van der Waals surface area contributed by atoms with Crippen LogP contribution in [0, 0.1) is 0 Å². The van der Waals surface area contributed by atoms with Crippen LogP contribution in [0.1, 0.15) is 25.6 Å². The van der Waals surface area contributed by atoms with Crippen LogP contribution in [0.15, 0.2) is 18.6 Å². The lowest BCUT2D eigenvalue weighted by atomic mass is 10.2. The van der Waals surface area contributed by atoms with Crippen molar-refractivity contribution in [2.75, 3.05) is 0 Å². The van der Waals surface area contributed by atoms with Gasteiger partial charge < -0.3 is 0 Å². The molecule has 0 fully saturated rings. The highest BCUT2D eigenvalue weighted by Gasteiger charge is 2.04. The Morgan fingerprint density at radius 3 is 2.62 bits per heavy atom. The van der Waals surface area contributed by atoms with E-state index in [1.165, 1.54) is 0 Å². The monoisotopic (exact) mass is 174 g/mol. The lowest BCUT2D eigenvalue weighted by Crippen LogP contribution is -1.98. The van der Waals surface area contributed by atoms with E-state index in [2.05, 4.69) is 33.8 Å². The van der Waals surface area contributed by atoms with Gasteiger partial charge in [-0.2, -0.15) is 0 Å². The highest BCUT2D eigenvalue weighted by atomic mass is 15.0. The molecule has 4 nitrogen and oxygen atoms in total. The van der Waals surface area contributed by atoms with Gasteiger partial charge in [-0.15, -0.1) is 0 Å². The Labute approximate surface area is 76.1 Å². The zero-order valence-corrected chi connectivity index (χ0v) is 7.60. The minimum Gasteiger partial charge on any atom is -0.250 e. The molecule has 2 aromatic rings. The Balaban J connectivity index is 2.62. The minimum absolute atomic E-state index is 0.325. The van der Waals surface area contributed by atoms with Crippen molar-refractivity contribution in [1.29, 1.82) is 0 Å². The smallest absolute Gasteiger partial charge is 0.181 e. The Bertz CT molecular complexity index is 425. The maximum atomic E-state index is 4.29. The van der Waals surface area contributed by atoms with Crippen molar-refractivity contribution in [2.45, 2.75) is 19.8 Å². The number of rotatable bonds is 1. The summed E-state index contributed by atoms with van der Waals surface area (Å²) in [5, 5.41) is 0.